The number of carbonyl (C=O) groups is 1. The molecule has 7 nitrogen and oxygen atoms in total. The SMILES string of the molecule is CCN(CC)c1ccc(Nc2ncnc3sc(C(=O)OCCOC)c(C)c23)cc1. The second kappa shape index (κ2) is 9.67. The maximum atomic E-state index is 12.4. The molecule has 3 rings (SSSR count). The highest BCUT2D eigenvalue weighted by molar-refractivity contribution is 7.20. The largest absolute Gasteiger partial charge is 0.459 e. The average molecular weight is 415 g/mol. The van der Waals surface area contributed by atoms with Gasteiger partial charge in [-0.05, 0) is 50.6 Å². The number of hydrogen-bond acceptors (Lipinski definition) is 8. The van der Waals surface area contributed by atoms with Gasteiger partial charge in [0.1, 0.15) is 28.5 Å². The van der Waals surface area contributed by atoms with Gasteiger partial charge < -0.3 is 19.7 Å². The van der Waals surface area contributed by atoms with Crippen LogP contribution in [0.4, 0.5) is 17.2 Å². The molecular weight excluding hydrogens is 388 g/mol. The third kappa shape index (κ3) is 4.65. The van der Waals surface area contributed by atoms with Crippen LogP contribution in [0.1, 0.15) is 29.1 Å². The first-order valence-corrected chi connectivity index (χ1v) is 10.4. The number of ether oxygens (including phenoxy) is 2. The van der Waals surface area contributed by atoms with E-state index in [9.17, 15) is 4.79 Å². The minimum Gasteiger partial charge on any atom is -0.459 e. The van der Waals surface area contributed by atoms with Crippen molar-refractivity contribution < 1.29 is 14.3 Å². The topological polar surface area (TPSA) is 76.6 Å². The van der Waals surface area contributed by atoms with Crippen molar-refractivity contribution in [3.05, 3.63) is 41.0 Å². The third-order valence-corrected chi connectivity index (χ3v) is 5.87. The predicted octanol–water partition coefficient (Wildman–Crippen LogP) is 4.39. The number of aromatic nitrogens is 2. The van der Waals surface area contributed by atoms with Gasteiger partial charge in [-0.3, -0.25) is 0 Å². The molecule has 0 amide bonds. The number of methoxy groups -OCH3 is 1. The van der Waals surface area contributed by atoms with Crippen LogP contribution in [-0.2, 0) is 9.47 Å². The fourth-order valence-corrected chi connectivity index (χ4v) is 4.17. The molecule has 0 bridgehead atoms. The zero-order chi connectivity index (χ0) is 20.8. The van der Waals surface area contributed by atoms with E-state index in [2.05, 4.69) is 46.2 Å². The van der Waals surface area contributed by atoms with Crippen LogP contribution in [-0.4, -0.2) is 49.4 Å². The number of nitrogens with zero attached hydrogens (tertiary/aromatic N) is 3. The van der Waals surface area contributed by atoms with Gasteiger partial charge in [-0.25, -0.2) is 14.8 Å². The Kier molecular flexibility index (Phi) is 7.00. The highest BCUT2D eigenvalue weighted by Gasteiger charge is 2.20. The van der Waals surface area contributed by atoms with E-state index < -0.39 is 0 Å². The summed E-state index contributed by atoms with van der Waals surface area (Å²) in [5.74, 6) is 0.312. The van der Waals surface area contributed by atoms with Gasteiger partial charge in [0.05, 0.1) is 12.0 Å². The zero-order valence-corrected chi connectivity index (χ0v) is 18.0. The van der Waals surface area contributed by atoms with Crippen LogP contribution < -0.4 is 10.2 Å². The first-order chi connectivity index (χ1) is 14.1. The number of fused-ring (bicyclic) bond motifs is 1. The lowest BCUT2D eigenvalue weighted by molar-refractivity contribution is 0.0393. The summed E-state index contributed by atoms with van der Waals surface area (Å²) in [6.07, 6.45) is 1.50. The Balaban J connectivity index is 1.85. The molecular formula is C21H26N4O3S. The Morgan fingerprint density at radius 3 is 2.52 bits per heavy atom. The van der Waals surface area contributed by atoms with E-state index in [1.807, 2.05) is 19.1 Å². The van der Waals surface area contributed by atoms with Crippen LogP contribution in [0.3, 0.4) is 0 Å². The first-order valence-electron chi connectivity index (χ1n) is 9.61. The van der Waals surface area contributed by atoms with Crippen molar-refractivity contribution in [2.75, 3.05) is 43.6 Å². The van der Waals surface area contributed by atoms with Gasteiger partial charge in [-0.2, -0.15) is 0 Å². The lowest BCUT2D eigenvalue weighted by Gasteiger charge is -2.21. The molecule has 2 heterocycles. The quantitative estimate of drug-likeness (QED) is 0.411. The van der Waals surface area contributed by atoms with E-state index in [1.54, 1.807) is 7.11 Å². The van der Waals surface area contributed by atoms with Crippen LogP contribution >= 0.6 is 11.3 Å². The number of esters is 1. The molecule has 1 aromatic carbocycles. The van der Waals surface area contributed by atoms with Crippen LogP contribution in [0.5, 0.6) is 0 Å². The van der Waals surface area contributed by atoms with E-state index in [4.69, 9.17) is 9.47 Å². The van der Waals surface area contributed by atoms with Crippen LogP contribution in [0.2, 0.25) is 0 Å². The normalized spacial score (nSPS) is 10.9. The van der Waals surface area contributed by atoms with Gasteiger partial charge in [0.25, 0.3) is 0 Å². The Bertz CT molecular complexity index is 968. The molecule has 0 atom stereocenters. The van der Waals surface area contributed by atoms with E-state index in [0.717, 1.165) is 34.6 Å². The lowest BCUT2D eigenvalue weighted by atomic mass is 10.2. The van der Waals surface area contributed by atoms with Crippen molar-refractivity contribution in [3.8, 4) is 0 Å². The second-order valence-corrected chi connectivity index (χ2v) is 7.43. The van der Waals surface area contributed by atoms with Crippen molar-refractivity contribution in [1.82, 2.24) is 9.97 Å². The van der Waals surface area contributed by atoms with Crippen molar-refractivity contribution in [2.45, 2.75) is 20.8 Å². The van der Waals surface area contributed by atoms with Crippen molar-refractivity contribution in [1.29, 1.82) is 0 Å². The maximum absolute atomic E-state index is 12.4. The lowest BCUT2D eigenvalue weighted by Crippen LogP contribution is -2.21. The van der Waals surface area contributed by atoms with Gasteiger partial charge in [-0.15, -0.1) is 11.3 Å². The number of carbonyl (C=O) groups excluding carboxylic acids is 1. The minimum atomic E-state index is -0.364. The Morgan fingerprint density at radius 2 is 1.86 bits per heavy atom. The average Bonchev–Trinajstić information content (AvgIpc) is 3.08. The standard InChI is InChI=1S/C21H26N4O3S/c1-5-25(6-2)16-9-7-15(8-10-16)24-19-17-14(3)18(21(26)28-12-11-27-4)29-20(17)23-13-22-19/h7-10,13H,5-6,11-12H2,1-4H3,(H,22,23,24). The van der Waals surface area contributed by atoms with Gasteiger partial charge in [0.15, 0.2) is 0 Å². The molecule has 0 aliphatic heterocycles. The van der Waals surface area contributed by atoms with Gasteiger partial charge >= 0.3 is 5.97 Å². The first kappa shape index (κ1) is 21.0. The molecule has 0 spiro atoms. The number of hydrogen-bond donors (Lipinski definition) is 1. The molecule has 1 N–H and O–H groups in total. The van der Waals surface area contributed by atoms with Crippen molar-refractivity contribution in [3.63, 3.8) is 0 Å². The summed E-state index contributed by atoms with van der Waals surface area (Å²) in [5.41, 5.74) is 2.92. The van der Waals surface area contributed by atoms with Crippen LogP contribution in [0.15, 0.2) is 30.6 Å². The summed E-state index contributed by atoms with van der Waals surface area (Å²) in [6.45, 7) is 8.70. The summed E-state index contributed by atoms with van der Waals surface area (Å²) in [7, 11) is 1.57. The fraction of sp³-hybridized carbons (Fsp3) is 0.381. The smallest absolute Gasteiger partial charge is 0.348 e. The number of nitrogens with one attached hydrogen (secondary N) is 1. The van der Waals surface area contributed by atoms with E-state index in [1.165, 1.54) is 23.4 Å². The molecule has 0 aliphatic carbocycles. The molecule has 3 aromatic rings. The highest BCUT2D eigenvalue weighted by atomic mass is 32.1. The minimum absolute atomic E-state index is 0.221. The number of aryl methyl sites for hydroxylation is 1. The summed E-state index contributed by atoms with van der Waals surface area (Å²) < 4.78 is 10.2. The molecule has 0 aliphatic rings. The Hall–Kier alpha value is -2.71. The molecule has 0 saturated heterocycles. The monoisotopic (exact) mass is 414 g/mol. The summed E-state index contributed by atoms with van der Waals surface area (Å²) >= 11 is 1.31. The van der Waals surface area contributed by atoms with Gasteiger partial charge in [0, 0.05) is 31.6 Å². The molecule has 0 unspecified atom stereocenters. The molecule has 0 radical (unpaired) electrons. The Labute approximate surface area is 174 Å². The molecule has 0 fully saturated rings. The van der Waals surface area contributed by atoms with E-state index in [0.29, 0.717) is 17.3 Å². The fourth-order valence-electron chi connectivity index (χ4n) is 3.13. The van der Waals surface area contributed by atoms with Crippen LogP contribution in [0.25, 0.3) is 10.2 Å². The number of anilines is 3. The van der Waals surface area contributed by atoms with Crippen molar-refractivity contribution >= 4 is 44.7 Å². The Morgan fingerprint density at radius 1 is 1.14 bits per heavy atom. The van der Waals surface area contributed by atoms with Crippen molar-refractivity contribution in [2.24, 2.45) is 0 Å². The summed E-state index contributed by atoms with van der Waals surface area (Å²) in [5, 5.41) is 4.20. The third-order valence-electron chi connectivity index (χ3n) is 4.69. The van der Waals surface area contributed by atoms with Gasteiger partial charge in [0.2, 0.25) is 0 Å². The van der Waals surface area contributed by atoms with Crippen LogP contribution in [0, 0.1) is 6.92 Å². The second-order valence-electron chi connectivity index (χ2n) is 6.43. The molecule has 8 heteroatoms. The van der Waals surface area contributed by atoms with E-state index >= 15 is 0 Å². The highest BCUT2D eigenvalue weighted by Crippen LogP contribution is 2.35. The van der Waals surface area contributed by atoms with E-state index in [-0.39, 0.29) is 12.6 Å². The maximum Gasteiger partial charge on any atom is 0.348 e. The number of rotatable bonds is 9. The molecule has 2 aromatic heterocycles. The van der Waals surface area contributed by atoms with Gasteiger partial charge in [-0.1, -0.05) is 0 Å². The number of benzene rings is 1. The summed E-state index contributed by atoms with van der Waals surface area (Å²) in [4.78, 5) is 24.7. The summed E-state index contributed by atoms with van der Waals surface area (Å²) in [6, 6.07) is 8.24. The molecule has 154 valence electrons. The molecule has 0 saturated carbocycles. The number of thiophene rings is 1. The molecule has 29 heavy (non-hydrogen) atoms. The zero-order valence-electron chi connectivity index (χ0n) is 17.2. The predicted molar refractivity (Wildman–Crippen MR) is 118 cm³/mol.